The van der Waals surface area contributed by atoms with Crippen LogP contribution >= 0.6 is 0 Å². The second kappa shape index (κ2) is 8.18. The summed E-state index contributed by atoms with van der Waals surface area (Å²) in [5.74, 6) is 1.64. The van der Waals surface area contributed by atoms with E-state index in [9.17, 15) is 4.79 Å². The Labute approximate surface area is 133 Å². The summed E-state index contributed by atoms with van der Waals surface area (Å²) < 4.78 is 5.24. The second-order valence-electron chi connectivity index (χ2n) is 6.60. The van der Waals surface area contributed by atoms with Crippen molar-refractivity contribution in [1.29, 1.82) is 0 Å². The van der Waals surface area contributed by atoms with Gasteiger partial charge in [0.25, 0.3) is 5.91 Å². The van der Waals surface area contributed by atoms with Crippen LogP contribution in [0.25, 0.3) is 0 Å². The van der Waals surface area contributed by atoms with Gasteiger partial charge in [0.2, 0.25) is 0 Å². The van der Waals surface area contributed by atoms with Crippen LogP contribution in [0.15, 0.2) is 24.3 Å². The lowest BCUT2D eigenvalue weighted by Gasteiger charge is -2.29. The number of rotatable bonds is 6. The van der Waals surface area contributed by atoms with Gasteiger partial charge in [0.1, 0.15) is 12.3 Å². The molecule has 0 radical (unpaired) electrons. The number of carbonyl (C=O) groups is 1. The molecular formula is C18H29N2O2+. The van der Waals surface area contributed by atoms with Crippen LogP contribution < -0.4 is 15.0 Å². The third-order valence-corrected chi connectivity index (χ3v) is 4.56. The molecule has 1 aromatic rings. The van der Waals surface area contributed by atoms with Gasteiger partial charge in [-0.1, -0.05) is 31.9 Å². The molecule has 0 saturated heterocycles. The van der Waals surface area contributed by atoms with E-state index in [4.69, 9.17) is 4.74 Å². The lowest BCUT2D eigenvalue weighted by Crippen LogP contribution is -3.09. The topological polar surface area (TPSA) is 42.8 Å². The van der Waals surface area contributed by atoms with Gasteiger partial charge in [0.05, 0.1) is 14.2 Å². The van der Waals surface area contributed by atoms with Crippen molar-refractivity contribution < 1.29 is 14.4 Å². The van der Waals surface area contributed by atoms with Crippen molar-refractivity contribution in [2.45, 2.75) is 45.2 Å². The molecule has 1 amide bonds. The molecule has 1 unspecified atom stereocenters. The van der Waals surface area contributed by atoms with E-state index in [1.807, 2.05) is 18.2 Å². The lowest BCUT2D eigenvalue weighted by atomic mass is 9.86. The summed E-state index contributed by atoms with van der Waals surface area (Å²) in [7, 11) is 3.73. The number of benzene rings is 1. The maximum absolute atomic E-state index is 12.2. The van der Waals surface area contributed by atoms with E-state index >= 15 is 0 Å². The monoisotopic (exact) mass is 305 g/mol. The first-order chi connectivity index (χ1) is 10.6. The molecule has 1 aliphatic rings. The van der Waals surface area contributed by atoms with Crippen molar-refractivity contribution in [3.05, 3.63) is 29.8 Å². The number of ether oxygens (including phenoxy) is 1. The van der Waals surface area contributed by atoms with Crippen molar-refractivity contribution in [2.75, 3.05) is 20.7 Å². The highest BCUT2D eigenvalue weighted by Crippen LogP contribution is 2.23. The molecule has 2 N–H and O–H groups in total. The fourth-order valence-electron chi connectivity index (χ4n) is 3.26. The van der Waals surface area contributed by atoms with E-state index in [1.165, 1.54) is 29.7 Å². The molecule has 0 spiro atoms. The molecular weight excluding hydrogens is 276 g/mol. The number of carbonyl (C=O) groups excluding carboxylic acids is 1. The van der Waals surface area contributed by atoms with Crippen LogP contribution in [-0.2, 0) is 11.3 Å². The standard InChI is InChI=1S/C18H28N2O2/c1-14-7-4-5-10-17(14)19-18(21)13-20(2)12-15-8-6-9-16(11-15)22-3/h6,8-9,11,14,17H,4-5,7,10,12-13H2,1-3H3,(H,19,21)/p+1/t14-,17-/m1/s1. The third-order valence-electron chi connectivity index (χ3n) is 4.56. The van der Waals surface area contributed by atoms with Crippen LogP contribution in [-0.4, -0.2) is 32.7 Å². The fraction of sp³-hybridized carbons (Fsp3) is 0.611. The highest BCUT2D eigenvalue weighted by molar-refractivity contribution is 5.77. The maximum atomic E-state index is 12.2. The third kappa shape index (κ3) is 5.02. The zero-order valence-electron chi connectivity index (χ0n) is 14.0. The Morgan fingerprint density at radius 3 is 2.86 bits per heavy atom. The summed E-state index contributed by atoms with van der Waals surface area (Å²) in [6.07, 6.45) is 4.90. The summed E-state index contributed by atoms with van der Waals surface area (Å²) in [4.78, 5) is 13.4. The number of likely N-dealkylation sites (N-methyl/N-ethyl adjacent to an activating group) is 1. The first kappa shape index (κ1) is 16.8. The van der Waals surface area contributed by atoms with Gasteiger partial charge in [-0.3, -0.25) is 4.79 Å². The molecule has 0 bridgehead atoms. The predicted octanol–water partition coefficient (Wildman–Crippen LogP) is 1.40. The lowest BCUT2D eigenvalue weighted by molar-refractivity contribution is -0.885. The number of quaternary nitrogens is 1. The van der Waals surface area contributed by atoms with E-state index in [2.05, 4.69) is 25.4 Å². The number of hydrogen-bond donors (Lipinski definition) is 2. The van der Waals surface area contributed by atoms with Gasteiger partial charge in [-0.15, -0.1) is 0 Å². The Hall–Kier alpha value is -1.55. The molecule has 4 heteroatoms. The maximum Gasteiger partial charge on any atom is 0.275 e. The first-order valence-electron chi connectivity index (χ1n) is 8.32. The molecule has 3 atom stereocenters. The second-order valence-corrected chi connectivity index (χ2v) is 6.60. The minimum Gasteiger partial charge on any atom is -0.497 e. The Bertz CT molecular complexity index is 490. The summed E-state index contributed by atoms with van der Waals surface area (Å²) in [6, 6.07) is 8.41. The van der Waals surface area contributed by atoms with Gasteiger partial charge in [-0.05, 0) is 30.9 Å². The number of nitrogens with one attached hydrogen (secondary N) is 2. The first-order valence-corrected chi connectivity index (χ1v) is 8.32. The SMILES string of the molecule is COc1cccc(C[NH+](C)CC(=O)N[C@@H]2CCCC[C@H]2C)c1. The molecule has 1 aromatic carbocycles. The molecule has 0 aliphatic heterocycles. The van der Waals surface area contributed by atoms with Crippen molar-refractivity contribution in [1.82, 2.24) is 5.32 Å². The average molecular weight is 305 g/mol. The molecule has 0 aromatic heterocycles. The Balaban J connectivity index is 1.80. The van der Waals surface area contributed by atoms with Gasteiger partial charge in [-0.25, -0.2) is 0 Å². The number of amides is 1. The molecule has 22 heavy (non-hydrogen) atoms. The van der Waals surface area contributed by atoms with Gasteiger partial charge < -0.3 is 15.0 Å². The Morgan fingerprint density at radius 2 is 2.14 bits per heavy atom. The molecule has 1 fully saturated rings. The predicted molar refractivity (Wildman–Crippen MR) is 88.0 cm³/mol. The van der Waals surface area contributed by atoms with Gasteiger partial charge in [0, 0.05) is 11.6 Å². The fourth-order valence-corrected chi connectivity index (χ4v) is 3.26. The van der Waals surface area contributed by atoms with Crippen LogP contribution in [0, 0.1) is 5.92 Å². The quantitative estimate of drug-likeness (QED) is 0.834. The zero-order valence-corrected chi connectivity index (χ0v) is 14.0. The summed E-state index contributed by atoms with van der Waals surface area (Å²) in [6.45, 7) is 3.59. The Kier molecular flexibility index (Phi) is 6.25. The summed E-state index contributed by atoms with van der Waals surface area (Å²) >= 11 is 0. The Morgan fingerprint density at radius 1 is 1.36 bits per heavy atom. The van der Waals surface area contributed by atoms with Crippen LogP contribution in [0.3, 0.4) is 0 Å². The zero-order chi connectivity index (χ0) is 15.9. The van der Waals surface area contributed by atoms with E-state index < -0.39 is 0 Å². The average Bonchev–Trinajstić information content (AvgIpc) is 2.49. The molecule has 1 saturated carbocycles. The van der Waals surface area contributed by atoms with Gasteiger partial charge in [0.15, 0.2) is 6.54 Å². The number of hydrogen-bond acceptors (Lipinski definition) is 2. The smallest absolute Gasteiger partial charge is 0.275 e. The normalized spacial score (nSPS) is 22.9. The van der Waals surface area contributed by atoms with Crippen molar-refractivity contribution in [3.63, 3.8) is 0 Å². The highest BCUT2D eigenvalue weighted by Gasteiger charge is 2.23. The van der Waals surface area contributed by atoms with Crippen molar-refractivity contribution >= 4 is 5.91 Å². The van der Waals surface area contributed by atoms with E-state index in [-0.39, 0.29) is 5.91 Å². The molecule has 2 rings (SSSR count). The van der Waals surface area contributed by atoms with Crippen LogP contribution in [0.4, 0.5) is 0 Å². The largest absolute Gasteiger partial charge is 0.497 e. The van der Waals surface area contributed by atoms with E-state index in [1.54, 1.807) is 7.11 Å². The van der Waals surface area contributed by atoms with E-state index in [0.29, 0.717) is 18.5 Å². The van der Waals surface area contributed by atoms with Crippen molar-refractivity contribution in [3.8, 4) is 5.75 Å². The summed E-state index contributed by atoms with van der Waals surface area (Å²) in [5, 5.41) is 3.22. The number of methoxy groups -OCH3 is 1. The summed E-state index contributed by atoms with van der Waals surface area (Å²) in [5.41, 5.74) is 1.19. The molecule has 4 nitrogen and oxygen atoms in total. The van der Waals surface area contributed by atoms with Gasteiger partial charge >= 0.3 is 0 Å². The van der Waals surface area contributed by atoms with Gasteiger partial charge in [-0.2, -0.15) is 0 Å². The van der Waals surface area contributed by atoms with Crippen molar-refractivity contribution in [2.24, 2.45) is 5.92 Å². The molecule has 122 valence electrons. The molecule has 0 heterocycles. The minimum atomic E-state index is 0.166. The van der Waals surface area contributed by atoms with Crippen LogP contribution in [0.1, 0.15) is 38.2 Å². The van der Waals surface area contributed by atoms with E-state index in [0.717, 1.165) is 18.7 Å². The minimum absolute atomic E-state index is 0.166. The van der Waals surface area contributed by atoms with Crippen LogP contribution in [0.5, 0.6) is 5.75 Å². The molecule has 1 aliphatic carbocycles. The van der Waals surface area contributed by atoms with Crippen LogP contribution in [0.2, 0.25) is 0 Å². The highest BCUT2D eigenvalue weighted by atomic mass is 16.5.